The molecule has 0 spiro atoms. The maximum Gasteiger partial charge on any atom is 0.271 e. The molecule has 1 aliphatic heterocycles. The maximum absolute atomic E-state index is 13.3. The third-order valence-electron chi connectivity index (χ3n) is 5.69. The third-order valence-corrected chi connectivity index (χ3v) is 5.93. The number of nitro benzene ring substituents is 1. The van der Waals surface area contributed by atoms with Crippen LogP contribution in [-0.2, 0) is 9.59 Å². The number of allylic oxidation sites excluding steroid dienone is 2. The average Bonchev–Trinajstić information content (AvgIpc) is 2.66. The molecule has 30 heavy (non-hydrogen) atoms. The van der Waals surface area contributed by atoms with E-state index in [9.17, 15) is 19.7 Å². The van der Waals surface area contributed by atoms with E-state index in [0.29, 0.717) is 34.8 Å². The number of ketones is 1. The Balaban J connectivity index is 1.90. The summed E-state index contributed by atoms with van der Waals surface area (Å²) in [6.45, 7) is 3.99. The predicted octanol–water partition coefficient (Wildman–Crippen LogP) is 5.41. The van der Waals surface area contributed by atoms with E-state index in [0.717, 1.165) is 5.56 Å². The quantitative estimate of drug-likeness (QED) is 0.487. The zero-order chi connectivity index (χ0) is 21.6. The van der Waals surface area contributed by atoms with Crippen LogP contribution in [-0.4, -0.2) is 16.6 Å². The number of rotatable bonds is 3. The smallest absolute Gasteiger partial charge is 0.271 e. The van der Waals surface area contributed by atoms with E-state index in [1.165, 1.54) is 17.0 Å². The summed E-state index contributed by atoms with van der Waals surface area (Å²) in [6, 6.07) is 13.2. The zero-order valence-electron chi connectivity index (χ0n) is 16.7. The Kier molecular flexibility index (Phi) is 4.98. The zero-order valence-corrected chi connectivity index (χ0v) is 17.5. The fraction of sp³-hybridized carbons (Fsp3) is 0.304. The minimum absolute atomic E-state index is 0.00848. The molecule has 0 saturated heterocycles. The Labute approximate surface area is 179 Å². The number of nitro groups is 1. The van der Waals surface area contributed by atoms with Crippen LogP contribution in [0.15, 0.2) is 59.8 Å². The third kappa shape index (κ3) is 3.63. The standard InChI is InChI=1S/C23H21ClN2O4/c1-23(2)12-19-22(20(27)13-23)18(14-5-3-6-15(24)9-14)11-21(28)25(19)16-7-4-8-17(10-16)26(29)30/h3-10,18H,11-13H2,1-2H3. The van der Waals surface area contributed by atoms with Crippen molar-refractivity contribution in [3.8, 4) is 0 Å². The van der Waals surface area contributed by atoms with Crippen LogP contribution in [0.4, 0.5) is 11.4 Å². The first-order valence-electron chi connectivity index (χ1n) is 9.75. The molecule has 0 N–H and O–H groups in total. The number of hydrogen-bond donors (Lipinski definition) is 0. The molecule has 0 saturated carbocycles. The first-order valence-corrected chi connectivity index (χ1v) is 10.1. The molecule has 1 aliphatic carbocycles. The van der Waals surface area contributed by atoms with Crippen LogP contribution in [0.25, 0.3) is 0 Å². The summed E-state index contributed by atoms with van der Waals surface area (Å²) in [5, 5.41) is 11.8. The molecular weight excluding hydrogens is 404 g/mol. The first kappa shape index (κ1) is 20.3. The highest BCUT2D eigenvalue weighted by atomic mass is 35.5. The molecule has 0 radical (unpaired) electrons. The second-order valence-electron chi connectivity index (χ2n) is 8.62. The summed E-state index contributed by atoms with van der Waals surface area (Å²) in [4.78, 5) is 38.8. The first-order chi connectivity index (χ1) is 14.2. The number of anilines is 1. The highest BCUT2D eigenvalue weighted by Crippen LogP contribution is 2.48. The summed E-state index contributed by atoms with van der Waals surface area (Å²) in [5.74, 6) is -0.552. The summed E-state index contributed by atoms with van der Waals surface area (Å²) in [6.07, 6.45) is 1.02. The number of Topliss-reactive ketones (excluding diaryl/α,β-unsaturated/α-hetero) is 1. The van der Waals surface area contributed by atoms with Crippen molar-refractivity contribution in [1.82, 2.24) is 0 Å². The predicted molar refractivity (Wildman–Crippen MR) is 114 cm³/mol. The number of carbonyl (C=O) groups excluding carboxylic acids is 2. The second kappa shape index (κ2) is 7.36. The number of benzene rings is 2. The topological polar surface area (TPSA) is 80.5 Å². The molecule has 1 atom stereocenters. The molecule has 2 aliphatic rings. The van der Waals surface area contributed by atoms with Crippen molar-refractivity contribution in [2.75, 3.05) is 4.90 Å². The number of hydrogen-bond acceptors (Lipinski definition) is 4. The van der Waals surface area contributed by atoms with E-state index in [2.05, 4.69) is 0 Å². The Hall–Kier alpha value is -2.99. The van der Waals surface area contributed by atoms with Gasteiger partial charge in [-0.05, 0) is 35.6 Å². The molecular formula is C23H21ClN2O4. The van der Waals surface area contributed by atoms with Gasteiger partial charge >= 0.3 is 0 Å². The maximum atomic E-state index is 13.3. The number of non-ortho nitro benzene ring substituents is 1. The number of amides is 1. The van der Waals surface area contributed by atoms with Crippen molar-refractivity contribution in [1.29, 1.82) is 0 Å². The largest absolute Gasteiger partial charge is 0.294 e. The van der Waals surface area contributed by atoms with Gasteiger partial charge in [-0.2, -0.15) is 0 Å². The van der Waals surface area contributed by atoms with E-state index >= 15 is 0 Å². The average molecular weight is 425 g/mol. The van der Waals surface area contributed by atoms with E-state index in [4.69, 9.17) is 11.6 Å². The second-order valence-corrected chi connectivity index (χ2v) is 9.06. The van der Waals surface area contributed by atoms with Crippen molar-refractivity contribution >= 4 is 34.7 Å². The van der Waals surface area contributed by atoms with Gasteiger partial charge in [-0.15, -0.1) is 0 Å². The van der Waals surface area contributed by atoms with Gasteiger partial charge in [-0.25, -0.2) is 0 Å². The molecule has 4 rings (SSSR count). The molecule has 7 heteroatoms. The number of halogens is 1. The van der Waals surface area contributed by atoms with Gasteiger partial charge in [0.2, 0.25) is 5.91 Å². The van der Waals surface area contributed by atoms with Gasteiger partial charge in [-0.1, -0.05) is 43.6 Å². The highest BCUT2D eigenvalue weighted by molar-refractivity contribution is 6.30. The summed E-state index contributed by atoms with van der Waals surface area (Å²) >= 11 is 6.17. The van der Waals surface area contributed by atoms with Crippen molar-refractivity contribution < 1.29 is 14.5 Å². The summed E-state index contributed by atoms with van der Waals surface area (Å²) < 4.78 is 0. The monoisotopic (exact) mass is 424 g/mol. The normalized spacial score (nSPS) is 20.9. The molecule has 154 valence electrons. The van der Waals surface area contributed by atoms with Gasteiger partial charge in [0.1, 0.15) is 0 Å². The minimum Gasteiger partial charge on any atom is -0.294 e. The lowest BCUT2D eigenvalue weighted by atomic mass is 9.69. The van der Waals surface area contributed by atoms with E-state index in [-0.39, 0.29) is 35.1 Å². The van der Waals surface area contributed by atoms with Gasteiger partial charge in [0.25, 0.3) is 5.69 Å². The van der Waals surface area contributed by atoms with Crippen molar-refractivity contribution in [2.24, 2.45) is 5.41 Å². The highest BCUT2D eigenvalue weighted by Gasteiger charge is 2.44. The molecule has 2 aromatic carbocycles. The van der Waals surface area contributed by atoms with E-state index in [1.807, 2.05) is 26.0 Å². The Morgan fingerprint density at radius 1 is 1.10 bits per heavy atom. The van der Waals surface area contributed by atoms with Crippen LogP contribution in [0, 0.1) is 15.5 Å². The van der Waals surface area contributed by atoms with Crippen LogP contribution in [0.2, 0.25) is 5.02 Å². The van der Waals surface area contributed by atoms with Crippen molar-refractivity contribution in [3.63, 3.8) is 0 Å². The molecule has 0 bridgehead atoms. The fourth-order valence-corrected chi connectivity index (χ4v) is 4.67. The summed E-state index contributed by atoms with van der Waals surface area (Å²) in [5.41, 5.74) is 2.08. The van der Waals surface area contributed by atoms with Crippen LogP contribution in [0.5, 0.6) is 0 Å². The van der Waals surface area contributed by atoms with Crippen LogP contribution in [0.3, 0.4) is 0 Å². The molecule has 2 aromatic rings. The fourth-order valence-electron chi connectivity index (χ4n) is 4.47. The van der Waals surface area contributed by atoms with Crippen LogP contribution < -0.4 is 4.90 Å². The molecule has 0 aromatic heterocycles. The van der Waals surface area contributed by atoms with Gasteiger partial charge < -0.3 is 0 Å². The summed E-state index contributed by atoms with van der Waals surface area (Å²) in [7, 11) is 0. The van der Waals surface area contributed by atoms with E-state index < -0.39 is 4.92 Å². The van der Waals surface area contributed by atoms with Gasteiger partial charge in [0.05, 0.1) is 10.6 Å². The molecule has 1 unspecified atom stereocenters. The lowest BCUT2D eigenvalue weighted by molar-refractivity contribution is -0.384. The number of nitrogens with zero attached hydrogens (tertiary/aromatic N) is 2. The molecule has 1 heterocycles. The Bertz CT molecular complexity index is 1110. The Morgan fingerprint density at radius 2 is 1.83 bits per heavy atom. The minimum atomic E-state index is -0.488. The molecule has 6 nitrogen and oxygen atoms in total. The lowest BCUT2D eigenvalue weighted by Crippen LogP contribution is -2.43. The Morgan fingerprint density at radius 3 is 2.53 bits per heavy atom. The van der Waals surface area contributed by atoms with Crippen LogP contribution >= 0.6 is 11.6 Å². The lowest BCUT2D eigenvalue weighted by Gasteiger charge is -2.42. The van der Waals surface area contributed by atoms with E-state index in [1.54, 1.807) is 24.3 Å². The van der Waals surface area contributed by atoms with Gasteiger partial charge in [0, 0.05) is 47.2 Å². The SMILES string of the molecule is CC1(C)CC(=O)C2=C(C1)N(c1cccc([N+](=O)[O-])c1)C(=O)CC2c1cccc(Cl)c1. The molecule has 1 amide bonds. The molecule has 0 fully saturated rings. The number of carbonyl (C=O) groups is 2. The van der Waals surface area contributed by atoms with Crippen molar-refractivity contribution in [2.45, 2.75) is 39.0 Å². The van der Waals surface area contributed by atoms with Crippen molar-refractivity contribution in [3.05, 3.63) is 80.5 Å². The van der Waals surface area contributed by atoms with Gasteiger partial charge in [0.15, 0.2) is 5.78 Å². The van der Waals surface area contributed by atoms with Crippen LogP contribution in [0.1, 0.15) is 44.6 Å². The van der Waals surface area contributed by atoms with Gasteiger partial charge in [-0.3, -0.25) is 24.6 Å².